The quantitative estimate of drug-likeness (QED) is 0.849. The second kappa shape index (κ2) is 5.51. The van der Waals surface area contributed by atoms with Crippen LogP contribution in [-0.2, 0) is 4.79 Å². The number of hydrogen-bond acceptors (Lipinski definition) is 1. The monoisotopic (exact) mass is 319 g/mol. The van der Waals surface area contributed by atoms with Crippen LogP contribution in [0.1, 0.15) is 12.0 Å². The van der Waals surface area contributed by atoms with E-state index in [0.717, 1.165) is 15.7 Å². The van der Waals surface area contributed by atoms with Crippen LogP contribution in [0.25, 0.3) is 0 Å². The van der Waals surface area contributed by atoms with Crippen LogP contribution in [0.15, 0.2) is 22.7 Å². The van der Waals surface area contributed by atoms with E-state index in [1.165, 1.54) is 0 Å². The Bertz CT molecular complexity index is 339. The van der Waals surface area contributed by atoms with Crippen LogP contribution in [-0.4, -0.2) is 11.2 Å². The van der Waals surface area contributed by atoms with Gasteiger partial charge in [-0.15, -0.1) is 0 Å². The summed E-state index contributed by atoms with van der Waals surface area (Å²) in [4.78, 5) is 11.3. The molecule has 4 heteroatoms. The number of nitrogens with one attached hydrogen (secondary N) is 1. The first kappa shape index (κ1) is 11.7. The van der Waals surface area contributed by atoms with Gasteiger partial charge in [-0.05, 0) is 24.6 Å². The Morgan fingerprint density at radius 3 is 2.86 bits per heavy atom. The molecule has 1 rings (SSSR count). The van der Waals surface area contributed by atoms with Crippen molar-refractivity contribution in [1.29, 1.82) is 0 Å². The number of hydrogen-bond donors (Lipinski definition) is 1. The average Bonchev–Trinajstić information content (AvgIpc) is 2.13. The lowest BCUT2D eigenvalue weighted by Crippen LogP contribution is -2.12. The molecule has 0 aromatic heterocycles. The Morgan fingerprint density at radius 1 is 1.50 bits per heavy atom. The largest absolute Gasteiger partial charge is 0.326 e. The Kier molecular flexibility index (Phi) is 4.62. The zero-order valence-corrected chi connectivity index (χ0v) is 11.0. The van der Waals surface area contributed by atoms with Crippen molar-refractivity contribution in [1.82, 2.24) is 0 Å². The van der Waals surface area contributed by atoms with Crippen molar-refractivity contribution in [3.8, 4) is 0 Å². The minimum absolute atomic E-state index is 0.0306. The summed E-state index contributed by atoms with van der Waals surface area (Å²) in [6.45, 7) is 1.97. The van der Waals surface area contributed by atoms with Gasteiger partial charge in [0, 0.05) is 21.9 Å². The Balaban J connectivity index is 2.76. The van der Waals surface area contributed by atoms with Crippen molar-refractivity contribution in [2.24, 2.45) is 0 Å². The van der Waals surface area contributed by atoms with E-state index in [1.54, 1.807) is 0 Å². The normalized spacial score (nSPS) is 9.93. The molecule has 0 aliphatic heterocycles. The zero-order valence-electron chi connectivity index (χ0n) is 7.81. The van der Waals surface area contributed by atoms with Crippen molar-refractivity contribution in [2.45, 2.75) is 13.3 Å². The molecule has 0 fully saturated rings. The molecule has 0 atom stereocenters. The van der Waals surface area contributed by atoms with E-state index in [-0.39, 0.29) is 5.91 Å². The van der Waals surface area contributed by atoms with Crippen LogP contribution in [0.4, 0.5) is 5.69 Å². The molecule has 0 spiro atoms. The summed E-state index contributed by atoms with van der Waals surface area (Å²) >= 11 is 6.64. The summed E-state index contributed by atoms with van der Waals surface area (Å²) in [5.74, 6) is 0.0306. The molecular formula is C10H11Br2NO. The van der Waals surface area contributed by atoms with Crippen molar-refractivity contribution in [3.05, 3.63) is 28.2 Å². The molecule has 1 aromatic rings. The third-order valence-corrected chi connectivity index (χ3v) is 3.12. The molecule has 0 saturated heterocycles. The van der Waals surface area contributed by atoms with Gasteiger partial charge in [0.15, 0.2) is 0 Å². The summed E-state index contributed by atoms with van der Waals surface area (Å²) < 4.78 is 1.01. The van der Waals surface area contributed by atoms with E-state index in [1.807, 2.05) is 25.1 Å². The number of halogens is 2. The molecule has 0 radical (unpaired) electrons. The third-order valence-electron chi connectivity index (χ3n) is 1.86. The molecule has 14 heavy (non-hydrogen) atoms. The summed E-state index contributed by atoms with van der Waals surface area (Å²) in [7, 11) is 0. The molecule has 0 aliphatic carbocycles. The van der Waals surface area contributed by atoms with Gasteiger partial charge >= 0.3 is 0 Å². The van der Waals surface area contributed by atoms with Gasteiger partial charge in [0.05, 0.1) is 0 Å². The van der Waals surface area contributed by atoms with E-state index in [0.29, 0.717) is 11.8 Å². The fourth-order valence-electron chi connectivity index (χ4n) is 1.04. The highest BCUT2D eigenvalue weighted by Gasteiger charge is 2.05. The van der Waals surface area contributed by atoms with Gasteiger partial charge in [-0.3, -0.25) is 4.79 Å². The molecule has 1 amide bonds. The van der Waals surface area contributed by atoms with E-state index in [2.05, 4.69) is 37.2 Å². The Hall–Kier alpha value is -0.350. The van der Waals surface area contributed by atoms with Gasteiger partial charge in [-0.1, -0.05) is 37.9 Å². The maximum atomic E-state index is 11.3. The first-order valence-electron chi connectivity index (χ1n) is 4.26. The van der Waals surface area contributed by atoms with Gasteiger partial charge < -0.3 is 5.32 Å². The molecular weight excluding hydrogens is 310 g/mol. The van der Waals surface area contributed by atoms with Gasteiger partial charge in [0.1, 0.15) is 0 Å². The molecule has 0 bridgehead atoms. The Labute approximate surface area is 100 Å². The number of alkyl halides is 1. The topological polar surface area (TPSA) is 29.1 Å². The zero-order chi connectivity index (χ0) is 10.6. The minimum atomic E-state index is 0.0306. The number of anilines is 1. The average molecular weight is 321 g/mol. The van der Waals surface area contributed by atoms with Crippen LogP contribution < -0.4 is 5.32 Å². The first-order chi connectivity index (χ1) is 6.65. The summed E-state index contributed by atoms with van der Waals surface area (Å²) in [5.41, 5.74) is 1.92. The van der Waals surface area contributed by atoms with Crippen molar-refractivity contribution in [3.63, 3.8) is 0 Å². The molecule has 0 saturated carbocycles. The maximum absolute atomic E-state index is 11.3. The highest BCUT2D eigenvalue weighted by Crippen LogP contribution is 2.23. The number of carbonyl (C=O) groups excluding carboxylic acids is 1. The number of amides is 1. The minimum Gasteiger partial charge on any atom is -0.326 e. The van der Waals surface area contributed by atoms with Crippen LogP contribution in [0.3, 0.4) is 0 Å². The fourth-order valence-corrected chi connectivity index (χ4v) is 1.77. The molecule has 76 valence electrons. The number of carbonyl (C=O) groups is 1. The van der Waals surface area contributed by atoms with E-state index in [4.69, 9.17) is 0 Å². The van der Waals surface area contributed by atoms with E-state index in [9.17, 15) is 4.79 Å². The maximum Gasteiger partial charge on any atom is 0.225 e. The molecule has 1 N–H and O–H groups in total. The smallest absolute Gasteiger partial charge is 0.225 e. The van der Waals surface area contributed by atoms with Gasteiger partial charge in [-0.25, -0.2) is 0 Å². The lowest BCUT2D eigenvalue weighted by atomic mass is 10.2. The predicted molar refractivity (Wildman–Crippen MR) is 65.9 cm³/mol. The Morgan fingerprint density at radius 2 is 2.21 bits per heavy atom. The summed E-state index contributed by atoms with van der Waals surface area (Å²) in [6, 6.07) is 5.75. The SMILES string of the molecule is Cc1c(Br)cccc1NC(=O)CCBr. The van der Waals surface area contributed by atoms with Crippen molar-refractivity contribution in [2.75, 3.05) is 10.6 Å². The fraction of sp³-hybridized carbons (Fsp3) is 0.300. The standard InChI is InChI=1S/C10H11Br2NO/c1-7-8(12)3-2-4-9(7)13-10(14)5-6-11/h2-4H,5-6H2,1H3,(H,13,14). The number of benzene rings is 1. The molecule has 0 unspecified atom stereocenters. The summed E-state index contributed by atoms with van der Waals surface area (Å²) in [5, 5.41) is 3.54. The van der Waals surface area contributed by atoms with Crippen molar-refractivity contribution >= 4 is 43.5 Å². The van der Waals surface area contributed by atoms with E-state index >= 15 is 0 Å². The second-order valence-corrected chi connectivity index (χ2v) is 4.55. The highest BCUT2D eigenvalue weighted by atomic mass is 79.9. The first-order valence-corrected chi connectivity index (χ1v) is 6.17. The summed E-state index contributed by atoms with van der Waals surface area (Å²) in [6.07, 6.45) is 0.492. The molecule has 0 heterocycles. The van der Waals surface area contributed by atoms with Gasteiger partial charge in [0.25, 0.3) is 0 Å². The van der Waals surface area contributed by atoms with Crippen LogP contribution in [0, 0.1) is 6.92 Å². The van der Waals surface area contributed by atoms with Crippen LogP contribution >= 0.6 is 31.9 Å². The highest BCUT2D eigenvalue weighted by molar-refractivity contribution is 9.10. The predicted octanol–water partition coefficient (Wildman–Crippen LogP) is 3.48. The number of rotatable bonds is 3. The van der Waals surface area contributed by atoms with Gasteiger partial charge in [-0.2, -0.15) is 0 Å². The lowest BCUT2D eigenvalue weighted by molar-refractivity contribution is -0.115. The third kappa shape index (κ3) is 3.10. The van der Waals surface area contributed by atoms with Crippen LogP contribution in [0.5, 0.6) is 0 Å². The lowest BCUT2D eigenvalue weighted by Gasteiger charge is -2.08. The molecule has 2 nitrogen and oxygen atoms in total. The van der Waals surface area contributed by atoms with Gasteiger partial charge in [0.2, 0.25) is 5.91 Å². The molecule has 0 aliphatic rings. The van der Waals surface area contributed by atoms with Crippen molar-refractivity contribution < 1.29 is 4.79 Å². The second-order valence-electron chi connectivity index (χ2n) is 2.90. The van der Waals surface area contributed by atoms with E-state index < -0.39 is 0 Å². The van der Waals surface area contributed by atoms with Crippen LogP contribution in [0.2, 0.25) is 0 Å². The molecule has 1 aromatic carbocycles.